The summed E-state index contributed by atoms with van der Waals surface area (Å²) in [6.07, 6.45) is 7.04. The third kappa shape index (κ3) is 6.35. The Morgan fingerprint density at radius 2 is 1.63 bits per heavy atom. The number of ether oxygens (including phenoxy) is 2. The zero-order valence-corrected chi connectivity index (χ0v) is 17.6. The zero-order chi connectivity index (χ0) is 21.6. The molecule has 1 amide bonds. The summed E-state index contributed by atoms with van der Waals surface area (Å²) in [5.74, 6) is 3.43. The van der Waals surface area contributed by atoms with Gasteiger partial charge in [0.05, 0.1) is 6.61 Å². The maximum Gasteiger partial charge on any atom is 0.412 e. The van der Waals surface area contributed by atoms with Crippen LogP contribution in [0.25, 0.3) is 11.1 Å². The molecule has 0 aromatic heterocycles. The van der Waals surface area contributed by atoms with Crippen LogP contribution in [0.3, 0.4) is 0 Å². The van der Waals surface area contributed by atoms with Crippen molar-refractivity contribution in [3.05, 3.63) is 48.5 Å². The molecule has 2 aromatic carbocycles. The Labute approximate surface area is 177 Å². The fourth-order valence-corrected chi connectivity index (χ4v) is 2.91. The molecule has 0 fully saturated rings. The maximum absolute atomic E-state index is 11.9. The van der Waals surface area contributed by atoms with E-state index in [4.69, 9.17) is 15.9 Å². The van der Waals surface area contributed by atoms with Crippen LogP contribution in [-0.4, -0.2) is 24.0 Å². The van der Waals surface area contributed by atoms with E-state index >= 15 is 0 Å². The number of carbonyl (C=O) groups excluding carboxylic acids is 1. The Kier molecular flexibility index (Phi) is 6.41. The highest BCUT2D eigenvalue weighted by Gasteiger charge is 2.38. The number of hydrogen-bond acceptors (Lipinski definition) is 5. The molecule has 2 aromatic rings. The van der Waals surface area contributed by atoms with Gasteiger partial charge in [0.1, 0.15) is 11.4 Å². The molecule has 6 nitrogen and oxygen atoms in total. The van der Waals surface area contributed by atoms with Gasteiger partial charge >= 0.3 is 6.09 Å². The molecular weight excluding hydrogens is 378 g/mol. The van der Waals surface area contributed by atoms with Crippen LogP contribution in [0.2, 0.25) is 0 Å². The number of rotatable bonds is 8. The van der Waals surface area contributed by atoms with Crippen LogP contribution < -0.4 is 10.1 Å². The Balaban J connectivity index is 1.50. The lowest BCUT2D eigenvalue weighted by atomic mass is 10.0. The molecule has 3 rings (SSSR count). The van der Waals surface area contributed by atoms with Crippen LogP contribution in [-0.2, 0) is 4.74 Å². The van der Waals surface area contributed by atoms with E-state index in [9.17, 15) is 4.79 Å². The van der Waals surface area contributed by atoms with Crippen LogP contribution in [0.1, 0.15) is 40.0 Å². The van der Waals surface area contributed by atoms with Crippen LogP contribution in [0.5, 0.6) is 5.75 Å². The first-order valence-electron chi connectivity index (χ1n) is 9.99. The molecular formula is C24H27N3O3. The van der Waals surface area contributed by atoms with Crippen molar-refractivity contribution >= 4 is 11.8 Å². The number of terminal acetylenes is 1. The highest BCUT2D eigenvalue weighted by molar-refractivity contribution is 5.85. The lowest BCUT2D eigenvalue weighted by Gasteiger charge is -2.19. The van der Waals surface area contributed by atoms with Gasteiger partial charge in [0.2, 0.25) is 0 Å². The predicted molar refractivity (Wildman–Crippen MR) is 118 cm³/mol. The minimum absolute atomic E-state index is 0.318. The van der Waals surface area contributed by atoms with E-state index in [-0.39, 0.29) is 5.66 Å². The molecule has 1 aliphatic rings. The van der Waals surface area contributed by atoms with E-state index < -0.39 is 11.7 Å². The molecule has 0 atom stereocenters. The van der Waals surface area contributed by atoms with Gasteiger partial charge in [0, 0.05) is 24.9 Å². The van der Waals surface area contributed by atoms with Crippen LogP contribution in [0.4, 0.5) is 10.5 Å². The van der Waals surface area contributed by atoms with Crippen LogP contribution in [0, 0.1) is 12.3 Å². The highest BCUT2D eigenvalue weighted by Crippen LogP contribution is 2.36. The molecule has 1 heterocycles. The lowest BCUT2D eigenvalue weighted by molar-refractivity contribution is 0.0636. The number of carbonyl (C=O) groups is 1. The smallest absolute Gasteiger partial charge is 0.412 e. The summed E-state index contributed by atoms with van der Waals surface area (Å²) in [5.41, 5.74) is 1.94. The number of nitrogens with zero attached hydrogens (tertiary/aromatic N) is 2. The van der Waals surface area contributed by atoms with E-state index in [2.05, 4.69) is 21.5 Å². The Hall–Kier alpha value is -3.33. The normalized spacial score (nSPS) is 13.9. The largest absolute Gasteiger partial charge is 0.493 e. The summed E-state index contributed by atoms with van der Waals surface area (Å²) < 4.78 is 11.1. The first-order chi connectivity index (χ1) is 14.3. The molecule has 6 heteroatoms. The quantitative estimate of drug-likeness (QED) is 0.544. The summed E-state index contributed by atoms with van der Waals surface area (Å²) in [7, 11) is 0. The highest BCUT2D eigenvalue weighted by atomic mass is 16.6. The second-order valence-electron chi connectivity index (χ2n) is 8.21. The van der Waals surface area contributed by atoms with Gasteiger partial charge in [-0.15, -0.1) is 12.3 Å². The molecule has 0 bridgehead atoms. The number of benzene rings is 2. The van der Waals surface area contributed by atoms with Crippen molar-refractivity contribution in [2.45, 2.75) is 51.3 Å². The Morgan fingerprint density at radius 3 is 2.17 bits per heavy atom. The van der Waals surface area contributed by atoms with Gasteiger partial charge in [0.15, 0.2) is 5.66 Å². The van der Waals surface area contributed by atoms with Crippen molar-refractivity contribution in [1.82, 2.24) is 0 Å². The molecule has 0 saturated heterocycles. The molecule has 156 valence electrons. The van der Waals surface area contributed by atoms with E-state index in [1.807, 2.05) is 69.3 Å². The SMILES string of the molecule is C#CCCC1(CCOc2ccc(-c3ccc(NC(=O)OC(C)(C)C)cc3)cc2)N=N1. The molecule has 0 saturated carbocycles. The summed E-state index contributed by atoms with van der Waals surface area (Å²) in [5, 5.41) is 11.0. The minimum atomic E-state index is -0.529. The van der Waals surface area contributed by atoms with Gasteiger partial charge in [-0.05, 0) is 56.2 Å². The zero-order valence-electron chi connectivity index (χ0n) is 17.6. The standard InChI is InChI=1S/C24H27N3O3/c1-5-6-15-24(26-27-24)16-17-29-21-13-9-19(10-14-21)18-7-11-20(12-8-18)25-22(28)30-23(2,3)4/h1,7-14H,6,15-17H2,2-4H3,(H,25,28). The molecule has 0 radical (unpaired) electrons. The topological polar surface area (TPSA) is 72.3 Å². The van der Waals surface area contributed by atoms with Gasteiger partial charge < -0.3 is 9.47 Å². The van der Waals surface area contributed by atoms with Crippen molar-refractivity contribution in [1.29, 1.82) is 0 Å². The van der Waals surface area contributed by atoms with Gasteiger partial charge in [-0.3, -0.25) is 5.32 Å². The third-order valence-electron chi connectivity index (χ3n) is 4.54. The van der Waals surface area contributed by atoms with Crippen molar-refractivity contribution in [2.75, 3.05) is 11.9 Å². The van der Waals surface area contributed by atoms with Crippen molar-refractivity contribution in [3.63, 3.8) is 0 Å². The molecule has 0 unspecified atom stereocenters. The minimum Gasteiger partial charge on any atom is -0.493 e. The summed E-state index contributed by atoms with van der Waals surface area (Å²) in [6, 6.07) is 15.5. The van der Waals surface area contributed by atoms with Gasteiger partial charge in [-0.25, -0.2) is 4.79 Å². The molecule has 0 spiro atoms. The van der Waals surface area contributed by atoms with Crippen LogP contribution >= 0.6 is 0 Å². The average Bonchev–Trinajstić information content (AvgIpc) is 3.46. The summed E-state index contributed by atoms with van der Waals surface area (Å²) >= 11 is 0. The number of hydrogen-bond donors (Lipinski definition) is 1. The maximum atomic E-state index is 11.9. The molecule has 0 aliphatic carbocycles. The Bertz CT molecular complexity index is 930. The van der Waals surface area contributed by atoms with Crippen molar-refractivity contribution < 1.29 is 14.3 Å². The van der Waals surface area contributed by atoms with E-state index in [0.29, 0.717) is 18.7 Å². The average molecular weight is 405 g/mol. The van der Waals surface area contributed by atoms with Gasteiger partial charge in [0.25, 0.3) is 0 Å². The molecule has 1 aliphatic heterocycles. The number of nitrogens with one attached hydrogen (secondary N) is 1. The number of amides is 1. The first kappa shape index (κ1) is 21.4. The fourth-order valence-electron chi connectivity index (χ4n) is 2.91. The lowest BCUT2D eigenvalue weighted by Crippen LogP contribution is -2.27. The van der Waals surface area contributed by atoms with Crippen LogP contribution in [0.15, 0.2) is 58.8 Å². The Morgan fingerprint density at radius 1 is 1.03 bits per heavy atom. The van der Waals surface area contributed by atoms with Crippen molar-refractivity contribution in [2.24, 2.45) is 10.2 Å². The first-order valence-corrected chi connectivity index (χ1v) is 9.99. The number of anilines is 1. The van der Waals surface area contributed by atoms with Crippen molar-refractivity contribution in [3.8, 4) is 29.2 Å². The fraction of sp³-hybridized carbons (Fsp3) is 0.375. The summed E-state index contributed by atoms with van der Waals surface area (Å²) in [6.45, 7) is 6.03. The predicted octanol–water partition coefficient (Wildman–Crippen LogP) is 6.05. The van der Waals surface area contributed by atoms with E-state index in [1.165, 1.54) is 0 Å². The van der Waals surface area contributed by atoms with E-state index in [0.717, 1.165) is 29.7 Å². The second-order valence-corrected chi connectivity index (χ2v) is 8.21. The monoisotopic (exact) mass is 405 g/mol. The molecule has 30 heavy (non-hydrogen) atoms. The van der Waals surface area contributed by atoms with E-state index in [1.54, 1.807) is 0 Å². The summed E-state index contributed by atoms with van der Waals surface area (Å²) in [4.78, 5) is 11.9. The van der Waals surface area contributed by atoms with Gasteiger partial charge in [-0.1, -0.05) is 24.3 Å². The van der Waals surface area contributed by atoms with Gasteiger partial charge in [-0.2, -0.15) is 10.2 Å². The second kappa shape index (κ2) is 9.00. The molecule has 1 N–H and O–H groups in total. The third-order valence-corrected chi connectivity index (χ3v) is 4.54.